The third-order valence-electron chi connectivity index (χ3n) is 4.90. The molecule has 0 aromatic heterocycles. The van der Waals surface area contributed by atoms with E-state index in [1.54, 1.807) is 7.05 Å². The van der Waals surface area contributed by atoms with Crippen molar-refractivity contribution in [2.45, 2.75) is 11.3 Å². The van der Waals surface area contributed by atoms with Crippen molar-refractivity contribution in [2.75, 3.05) is 33.2 Å². The predicted octanol–water partition coefficient (Wildman–Crippen LogP) is 2.24. The minimum absolute atomic E-state index is 0.114. The van der Waals surface area contributed by atoms with Crippen molar-refractivity contribution in [3.8, 4) is 0 Å². The van der Waals surface area contributed by atoms with Gasteiger partial charge in [0, 0.05) is 45.4 Å². The molecule has 2 N–H and O–H groups in total. The molecule has 2 aromatic carbocycles. The van der Waals surface area contributed by atoms with Gasteiger partial charge in [-0.1, -0.05) is 42.5 Å². The average molecular weight is 444 g/mol. The van der Waals surface area contributed by atoms with Gasteiger partial charge in [-0.05, 0) is 23.6 Å². The summed E-state index contributed by atoms with van der Waals surface area (Å²) < 4.78 is 27.2. The zero-order chi connectivity index (χ0) is 22.3. The van der Waals surface area contributed by atoms with E-state index in [0.29, 0.717) is 19.0 Å². The summed E-state index contributed by atoms with van der Waals surface area (Å²) in [5, 5.41) is 14.0. The van der Waals surface area contributed by atoms with E-state index in [2.05, 4.69) is 38.1 Å². The van der Waals surface area contributed by atoms with E-state index in [1.165, 1.54) is 29.3 Å². The Hall–Kier alpha value is -3.24. The molecule has 164 valence electrons. The lowest BCUT2D eigenvalue weighted by Gasteiger charge is -2.29. The number of nitrogens with one attached hydrogen (secondary N) is 2. The van der Waals surface area contributed by atoms with Crippen LogP contribution in [0, 0.1) is 10.1 Å². The quantitative estimate of drug-likeness (QED) is 0.223. The standard InChI is InChI=1S/C21H25N5O4S/c1-22-21(25-14-10-18(11-15-25)17-6-3-2-4-7-17)23-12-13-24-31(29,30)20-9-5-8-19(16-20)26(27)28/h2-10,16,24H,11-15H2,1H3,(H,22,23). The fourth-order valence-corrected chi connectivity index (χ4v) is 4.39. The molecule has 2 aromatic rings. The number of nitro groups is 1. The van der Waals surface area contributed by atoms with Gasteiger partial charge in [-0.15, -0.1) is 0 Å². The molecule has 0 bridgehead atoms. The highest BCUT2D eigenvalue weighted by Gasteiger charge is 2.18. The number of aliphatic imine (C=N–C) groups is 1. The second-order valence-electron chi connectivity index (χ2n) is 6.92. The SMILES string of the molecule is CN=C(NCCNS(=O)(=O)c1cccc([N+](=O)[O-])c1)N1CC=C(c2ccccc2)CC1. The molecule has 9 nitrogen and oxygen atoms in total. The number of non-ortho nitro benzene ring substituents is 1. The van der Waals surface area contributed by atoms with Crippen molar-refractivity contribution >= 4 is 27.2 Å². The largest absolute Gasteiger partial charge is 0.355 e. The molecular weight excluding hydrogens is 418 g/mol. The number of hydrogen-bond acceptors (Lipinski definition) is 5. The van der Waals surface area contributed by atoms with Gasteiger partial charge in [-0.3, -0.25) is 15.1 Å². The average Bonchev–Trinajstić information content (AvgIpc) is 2.80. The first kappa shape index (κ1) is 22.4. The molecule has 31 heavy (non-hydrogen) atoms. The maximum Gasteiger partial charge on any atom is 0.270 e. The van der Waals surface area contributed by atoms with Crippen molar-refractivity contribution in [3.63, 3.8) is 0 Å². The van der Waals surface area contributed by atoms with Crippen LogP contribution in [0.1, 0.15) is 12.0 Å². The molecule has 0 atom stereocenters. The summed E-state index contributed by atoms with van der Waals surface area (Å²) in [4.78, 5) is 16.5. The monoisotopic (exact) mass is 443 g/mol. The van der Waals surface area contributed by atoms with Crippen molar-refractivity contribution in [2.24, 2.45) is 4.99 Å². The van der Waals surface area contributed by atoms with E-state index in [9.17, 15) is 18.5 Å². The van der Waals surface area contributed by atoms with E-state index in [4.69, 9.17) is 0 Å². The first-order valence-electron chi connectivity index (χ1n) is 9.85. The van der Waals surface area contributed by atoms with Gasteiger partial charge in [0.05, 0.1) is 9.82 Å². The molecule has 10 heteroatoms. The fourth-order valence-electron chi connectivity index (χ4n) is 3.32. The molecule has 0 fully saturated rings. The molecule has 1 aliphatic heterocycles. The van der Waals surface area contributed by atoms with Crippen molar-refractivity contribution in [3.05, 3.63) is 76.4 Å². The summed E-state index contributed by atoms with van der Waals surface area (Å²) in [5.74, 6) is 0.693. The van der Waals surface area contributed by atoms with Crippen molar-refractivity contribution < 1.29 is 13.3 Å². The molecule has 0 spiro atoms. The summed E-state index contributed by atoms with van der Waals surface area (Å²) in [6, 6.07) is 15.2. The van der Waals surface area contributed by atoms with E-state index in [-0.39, 0.29) is 17.1 Å². The van der Waals surface area contributed by atoms with Gasteiger partial charge in [0.2, 0.25) is 10.0 Å². The van der Waals surface area contributed by atoms with Gasteiger partial charge in [0.15, 0.2) is 5.96 Å². The number of nitro benzene ring substituents is 1. The summed E-state index contributed by atoms with van der Waals surface area (Å²) in [6.07, 6.45) is 3.07. The van der Waals surface area contributed by atoms with E-state index >= 15 is 0 Å². The fraction of sp³-hybridized carbons (Fsp3) is 0.286. The number of sulfonamides is 1. The van der Waals surface area contributed by atoms with Crippen LogP contribution in [-0.2, 0) is 10.0 Å². The highest BCUT2D eigenvalue weighted by Crippen LogP contribution is 2.22. The lowest BCUT2D eigenvalue weighted by atomic mass is 10.00. The Morgan fingerprint density at radius 2 is 1.94 bits per heavy atom. The highest BCUT2D eigenvalue weighted by molar-refractivity contribution is 7.89. The lowest BCUT2D eigenvalue weighted by Crippen LogP contribution is -2.45. The second-order valence-corrected chi connectivity index (χ2v) is 8.68. The normalized spacial score (nSPS) is 14.8. The van der Waals surface area contributed by atoms with Crippen LogP contribution in [0.2, 0.25) is 0 Å². The van der Waals surface area contributed by atoms with Crippen LogP contribution in [0.3, 0.4) is 0 Å². The Kier molecular flexibility index (Phi) is 7.37. The molecule has 0 unspecified atom stereocenters. The molecule has 0 saturated carbocycles. The third kappa shape index (κ3) is 5.89. The Morgan fingerprint density at radius 1 is 1.16 bits per heavy atom. The molecule has 3 rings (SSSR count). The third-order valence-corrected chi connectivity index (χ3v) is 6.36. The van der Waals surface area contributed by atoms with Crippen LogP contribution in [0.4, 0.5) is 5.69 Å². The van der Waals surface area contributed by atoms with Gasteiger partial charge >= 0.3 is 0 Å². The van der Waals surface area contributed by atoms with E-state index in [0.717, 1.165) is 19.0 Å². The Morgan fingerprint density at radius 3 is 2.58 bits per heavy atom. The number of rotatable bonds is 7. The number of hydrogen-bond donors (Lipinski definition) is 2. The first-order chi connectivity index (χ1) is 14.9. The van der Waals surface area contributed by atoms with Crippen molar-refractivity contribution in [1.82, 2.24) is 14.9 Å². The van der Waals surface area contributed by atoms with Crippen LogP contribution in [-0.4, -0.2) is 57.4 Å². The van der Waals surface area contributed by atoms with Gasteiger partial charge < -0.3 is 10.2 Å². The highest BCUT2D eigenvalue weighted by atomic mass is 32.2. The maximum absolute atomic E-state index is 12.4. The zero-order valence-electron chi connectivity index (χ0n) is 17.2. The van der Waals surface area contributed by atoms with Gasteiger partial charge in [-0.2, -0.15) is 0 Å². The molecule has 1 aliphatic rings. The van der Waals surface area contributed by atoms with Gasteiger partial charge in [0.25, 0.3) is 5.69 Å². The molecular formula is C21H25N5O4S. The topological polar surface area (TPSA) is 117 Å². The summed E-state index contributed by atoms with van der Waals surface area (Å²) in [6.45, 7) is 1.96. The summed E-state index contributed by atoms with van der Waals surface area (Å²) in [5.41, 5.74) is 2.26. The maximum atomic E-state index is 12.4. The predicted molar refractivity (Wildman–Crippen MR) is 120 cm³/mol. The van der Waals surface area contributed by atoms with Crippen LogP contribution in [0.25, 0.3) is 5.57 Å². The Bertz CT molecular complexity index is 1080. The zero-order valence-corrected chi connectivity index (χ0v) is 18.0. The second kappa shape index (κ2) is 10.2. The van der Waals surface area contributed by atoms with Crippen LogP contribution < -0.4 is 10.0 Å². The number of nitrogens with zero attached hydrogens (tertiary/aromatic N) is 3. The van der Waals surface area contributed by atoms with Crippen LogP contribution in [0.15, 0.2) is 70.6 Å². The molecule has 0 amide bonds. The molecule has 0 saturated heterocycles. The molecule has 0 radical (unpaired) electrons. The molecule has 0 aliphatic carbocycles. The van der Waals surface area contributed by atoms with Crippen LogP contribution in [0.5, 0.6) is 0 Å². The number of benzene rings is 2. The first-order valence-corrected chi connectivity index (χ1v) is 11.3. The Labute approximate surface area is 181 Å². The van der Waals surface area contributed by atoms with Crippen molar-refractivity contribution in [1.29, 1.82) is 0 Å². The lowest BCUT2D eigenvalue weighted by molar-refractivity contribution is -0.385. The van der Waals surface area contributed by atoms with E-state index in [1.807, 2.05) is 18.2 Å². The summed E-state index contributed by atoms with van der Waals surface area (Å²) in [7, 11) is -2.15. The minimum atomic E-state index is -3.84. The summed E-state index contributed by atoms with van der Waals surface area (Å²) >= 11 is 0. The Balaban J connectivity index is 1.51. The van der Waals surface area contributed by atoms with Crippen LogP contribution >= 0.6 is 0 Å². The number of guanidine groups is 1. The van der Waals surface area contributed by atoms with Gasteiger partial charge in [0.1, 0.15) is 0 Å². The van der Waals surface area contributed by atoms with Gasteiger partial charge in [-0.25, -0.2) is 13.1 Å². The smallest absolute Gasteiger partial charge is 0.270 e. The molecule has 1 heterocycles. The minimum Gasteiger partial charge on any atom is -0.355 e. The van der Waals surface area contributed by atoms with E-state index < -0.39 is 14.9 Å².